The number of carbonyl (C=O) groups is 1. The van der Waals surface area contributed by atoms with Gasteiger partial charge in [-0.15, -0.1) is 0 Å². The van der Waals surface area contributed by atoms with Gasteiger partial charge in [0.05, 0.1) is 12.6 Å². The number of nitrogens with zero attached hydrogens (tertiary/aromatic N) is 1. The molecule has 3 nitrogen and oxygen atoms in total. The van der Waals surface area contributed by atoms with Crippen LogP contribution in [-0.2, 0) is 0 Å². The Morgan fingerprint density at radius 3 is 2.50 bits per heavy atom. The number of hydrogen-bond acceptors (Lipinski definition) is 3. The van der Waals surface area contributed by atoms with Crippen molar-refractivity contribution in [3.05, 3.63) is 34.3 Å². The van der Waals surface area contributed by atoms with Crippen molar-refractivity contribution < 1.29 is 9.90 Å². The van der Waals surface area contributed by atoms with Gasteiger partial charge in [-0.1, -0.05) is 28.1 Å². The summed E-state index contributed by atoms with van der Waals surface area (Å²) in [6, 6.07) is 7.29. The molecule has 0 amide bonds. The zero-order valence-electron chi connectivity index (χ0n) is 9.48. The molecule has 0 fully saturated rings. The molecule has 4 heteroatoms. The zero-order chi connectivity index (χ0) is 12.1. The number of halogens is 1. The molecule has 16 heavy (non-hydrogen) atoms. The molecular formula is C12H16BrNO2. The van der Waals surface area contributed by atoms with E-state index in [2.05, 4.69) is 15.9 Å². The van der Waals surface area contributed by atoms with E-state index < -0.39 is 6.10 Å². The molecule has 88 valence electrons. The van der Waals surface area contributed by atoms with Gasteiger partial charge in [0.15, 0.2) is 5.78 Å². The number of benzene rings is 1. The number of ketones is 1. The molecule has 0 aliphatic heterocycles. The van der Waals surface area contributed by atoms with Gasteiger partial charge in [-0.2, -0.15) is 0 Å². The summed E-state index contributed by atoms with van der Waals surface area (Å²) in [7, 11) is 1.82. The first-order chi connectivity index (χ1) is 7.49. The zero-order valence-corrected chi connectivity index (χ0v) is 11.1. The minimum atomic E-state index is -0.414. The maximum Gasteiger partial charge on any atom is 0.176 e. The molecule has 1 unspecified atom stereocenters. The Balaban J connectivity index is 2.55. The van der Waals surface area contributed by atoms with Crippen molar-refractivity contribution in [2.24, 2.45) is 0 Å². The summed E-state index contributed by atoms with van der Waals surface area (Å²) in [5, 5.41) is 9.18. The molecule has 0 heterocycles. The van der Waals surface area contributed by atoms with Crippen molar-refractivity contribution in [1.82, 2.24) is 4.90 Å². The van der Waals surface area contributed by atoms with E-state index in [0.29, 0.717) is 18.7 Å². The van der Waals surface area contributed by atoms with Crippen molar-refractivity contribution in [2.45, 2.75) is 13.0 Å². The van der Waals surface area contributed by atoms with Crippen LogP contribution >= 0.6 is 15.9 Å². The lowest BCUT2D eigenvalue weighted by Gasteiger charge is -2.17. The highest BCUT2D eigenvalue weighted by atomic mass is 79.9. The van der Waals surface area contributed by atoms with Crippen LogP contribution in [0.1, 0.15) is 17.3 Å². The Labute approximate surface area is 104 Å². The Morgan fingerprint density at radius 2 is 2.00 bits per heavy atom. The average molecular weight is 286 g/mol. The third kappa shape index (κ3) is 4.43. The standard InChI is InChI=1S/C12H16BrNO2/c1-9(15)7-14(2)8-12(16)10-3-5-11(13)6-4-10/h3-6,9,15H,7-8H2,1-2H3. The number of hydrogen-bond donors (Lipinski definition) is 1. The van der Waals surface area contributed by atoms with Crippen molar-refractivity contribution in [3.63, 3.8) is 0 Å². The maximum atomic E-state index is 11.8. The van der Waals surface area contributed by atoms with Crippen LogP contribution in [0.2, 0.25) is 0 Å². The first-order valence-corrected chi connectivity index (χ1v) is 5.93. The summed E-state index contributed by atoms with van der Waals surface area (Å²) in [4.78, 5) is 13.6. The third-order valence-electron chi connectivity index (χ3n) is 2.16. The molecule has 0 aliphatic carbocycles. The maximum absolute atomic E-state index is 11.8. The molecule has 0 radical (unpaired) electrons. The summed E-state index contributed by atoms with van der Waals surface area (Å²) < 4.78 is 0.960. The van der Waals surface area contributed by atoms with Gasteiger partial charge in [-0.25, -0.2) is 0 Å². The Hall–Kier alpha value is -0.710. The quantitative estimate of drug-likeness (QED) is 0.841. The van der Waals surface area contributed by atoms with E-state index in [-0.39, 0.29) is 5.78 Å². The van der Waals surface area contributed by atoms with Gasteiger partial charge < -0.3 is 5.11 Å². The van der Waals surface area contributed by atoms with Crippen LogP contribution in [0, 0.1) is 0 Å². The van der Waals surface area contributed by atoms with Crippen LogP contribution < -0.4 is 0 Å². The lowest BCUT2D eigenvalue weighted by atomic mass is 10.1. The highest BCUT2D eigenvalue weighted by Gasteiger charge is 2.10. The second kappa shape index (κ2) is 6.13. The Kier molecular flexibility index (Phi) is 5.12. The second-order valence-corrected chi connectivity index (χ2v) is 4.89. The monoisotopic (exact) mass is 285 g/mol. The van der Waals surface area contributed by atoms with Crippen LogP contribution in [0.15, 0.2) is 28.7 Å². The fourth-order valence-corrected chi connectivity index (χ4v) is 1.75. The summed E-state index contributed by atoms with van der Waals surface area (Å²) in [5.74, 6) is 0.0654. The van der Waals surface area contributed by atoms with Crippen molar-refractivity contribution in [2.75, 3.05) is 20.1 Å². The van der Waals surface area contributed by atoms with Crippen molar-refractivity contribution in [3.8, 4) is 0 Å². The predicted octanol–water partition coefficient (Wildman–Crippen LogP) is 1.94. The fourth-order valence-electron chi connectivity index (χ4n) is 1.49. The first-order valence-electron chi connectivity index (χ1n) is 5.14. The van der Waals surface area contributed by atoms with Crippen LogP contribution in [0.5, 0.6) is 0 Å². The molecule has 0 spiro atoms. The van der Waals surface area contributed by atoms with E-state index in [9.17, 15) is 9.90 Å². The highest BCUT2D eigenvalue weighted by molar-refractivity contribution is 9.10. The summed E-state index contributed by atoms with van der Waals surface area (Å²) >= 11 is 3.32. The Morgan fingerprint density at radius 1 is 1.44 bits per heavy atom. The van der Waals surface area contributed by atoms with E-state index in [1.54, 1.807) is 19.1 Å². The molecule has 1 rings (SSSR count). The van der Waals surface area contributed by atoms with Gasteiger partial charge in [0, 0.05) is 16.6 Å². The topological polar surface area (TPSA) is 40.5 Å². The molecule has 0 aromatic heterocycles. The number of likely N-dealkylation sites (N-methyl/N-ethyl adjacent to an activating group) is 1. The van der Waals surface area contributed by atoms with E-state index in [0.717, 1.165) is 4.47 Å². The largest absolute Gasteiger partial charge is 0.392 e. The van der Waals surface area contributed by atoms with Crippen LogP contribution in [0.25, 0.3) is 0 Å². The molecule has 0 saturated carbocycles. The first kappa shape index (κ1) is 13.4. The van der Waals surface area contributed by atoms with Gasteiger partial charge in [-0.05, 0) is 26.1 Å². The number of rotatable bonds is 5. The third-order valence-corrected chi connectivity index (χ3v) is 2.68. The van der Waals surface area contributed by atoms with E-state index in [1.807, 2.05) is 24.1 Å². The molecule has 1 atom stereocenters. The van der Waals surface area contributed by atoms with Crippen LogP contribution in [0.3, 0.4) is 0 Å². The minimum absolute atomic E-state index is 0.0654. The Bertz CT molecular complexity index is 349. The normalized spacial score (nSPS) is 12.8. The SMILES string of the molecule is CC(O)CN(C)CC(=O)c1ccc(Br)cc1. The average Bonchev–Trinajstić information content (AvgIpc) is 2.16. The molecule has 0 aliphatic rings. The summed E-state index contributed by atoms with van der Waals surface area (Å²) in [6.45, 7) is 2.54. The lowest BCUT2D eigenvalue weighted by Crippen LogP contribution is -2.32. The second-order valence-electron chi connectivity index (χ2n) is 3.98. The van der Waals surface area contributed by atoms with E-state index >= 15 is 0 Å². The minimum Gasteiger partial charge on any atom is -0.392 e. The molecule has 1 N–H and O–H groups in total. The van der Waals surface area contributed by atoms with Gasteiger partial charge in [0.25, 0.3) is 0 Å². The molecule has 0 saturated heterocycles. The molecule has 1 aromatic rings. The summed E-state index contributed by atoms with van der Waals surface area (Å²) in [6.07, 6.45) is -0.414. The number of aliphatic hydroxyl groups is 1. The molecule has 1 aromatic carbocycles. The number of carbonyl (C=O) groups excluding carboxylic acids is 1. The van der Waals surface area contributed by atoms with Crippen molar-refractivity contribution in [1.29, 1.82) is 0 Å². The van der Waals surface area contributed by atoms with E-state index in [4.69, 9.17) is 0 Å². The van der Waals surface area contributed by atoms with Crippen LogP contribution in [0.4, 0.5) is 0 Å². The number of Topliss-reactive ketones (excluding diaryl/α,β-unsaturated/α-hetero) is 1. The van der Waals surface area contributed by atoms with Crippen molar-refractivity contribution >= 4 is 21.7 Å². The predicted molar refractivity (Wildman–Crippen MR) is 67.7 cm³/mol. The van der Waals surface area contributed by atoms with Gasteiger partial charge >= 0.3 is 0 Å². The number of aliphatic hydroxyl groups excluding tert-OH is 1. The molecule has 0 bridgehead atoms. The summed E-state index contributed by atoms with van der Waals surface area (Å²) in [5.41, 5.74) is 0.695. The van der Waals surface area contributed by atoms with E-state index in [1.165, 1.54) is 0 Å². The smallest absolute Gasteiger partial charge is 0.176 e. The molecular weight excluding hydrogens is 270 g/mol. The van der Waals surface area contributed by atoms with Gasteiger partial charge in [0.2, 0.25) is 0 Å². The van der Waals surface area contributed by atoms with Crippen LogP contribution in [-0.4, -0.2) is 42.0 Å². The van der Waals surface area contributed by atoms with Gasteiger partial charge in [-0.3, -0.25) is 9.69 Å². The lowest BCUT2D eigenvalue weighted by molar-refractivity contribution is 0.0901. The highest BCUT2D eigenvalue weighted by Crippen LogP contribution is 2.11. The van der Waals surface area contributed by atoms with Gasteiger partial charge in [0.1, 0.15) is 0 Å². The fraction of sp³-hybridized carbons (Fsp3) is 0.417.